The fraction of sp³-hybridized carbons (Fsp3) is 0.364. The number of likely N-dealkylation sites (N-methyl/N-ethyl adjacent to an activating group) is 1. The van der Waals surface area contributed by atoms with E-state index in [1.807, 2.05) is 42.6 Å². The molecule has 4 rings (SSSR count). The Kier molecular flexibility index (Phi) is 5.37. The third-order valence-electron chi connectivity index (χ3n) is 5.02. The first-order chi connectivity index (χ1) is 13.3. The Labute approximate surface area is 161 Å². The van der Waals surface area contributed by atoms with Gasteiger partial charge in [-0.1, -0.05) is 24.3 Å². The number of fused-ring (bicyclic) bond motifs is 1. The van der Waals surface area contributed by atoms with E-state index in [1.54, 1.807) is 0 Å². The fourth-order valence-electron chi connectivity index (χ4n) is 3.76. The molecule has 0 amide bonds. The van der Waals surface area contributed by atoms with E-state index in [0.29, 0.717) is 0 Å². The molecule has 140 valence electrons. The number of pyridine rings is 1. The molecule has 0 radical (unpaired) electrons. The summed E-state index contributed by atoms with van der Waals surface area (Å²) in [6, 6.07) is 16.2. The number of rotatable bonds is 7. The highest BCUT2D eigenvalue weighted by atomic mass is 16.5. The highest BCUT2D eigenvalue weighted by Crippen LogP contribution is 2.29. The SMILES string of the molecule is CN1CC2=C(CCCOc3ccccc3)N(Cc3ccccn3)CCC2=N1. The Hall–Kier alpha value is -2.82. The number of hydrazone groups is 1. The number of nitrogens with zero attached hydrogens (tertiary/aromatic N) is 4. The van der Waals surface area contributed by atoms with E-state index in [4.69, 9.17) is 9.84 Å². The Balaban J connectivity index is 1.44. The maximum atomic E-state index is 5.89. The van der Waals surface area contributed by atoms with Gasteiger partial charge in [-0.2, -0.15) is 5.10 Å². The van der Waals surface area contributed by atoms with E-state index in [0.717, 1.165) is 56.9 Å². The van der Waals surface area contributed by atoms with Crippen LogP contribution in [-0.4, -0.2) is 47.3 Å². The van der Waals surface area contributed by atoms with E-state index in [1.165, 1.54) is 17.0 Å². The summed E-state index contributed by atoms with van der Waals surface area (Å²) in [5.41, 5.74) is 5.18. The van der Waals surface area contributed by atoms with E-state index in [2.05, 4.69) is 34.1 Å². The summed E-state index contributed by atoms with van der Waals surface area (Å²) in [4.78, 5) is 7.00. The predicted molar refractivity (Wildman–Crippen MR) is 108 cm³/mol. The van der Waals surface area contributed by atoms with Crippen LogP contribution in [0.4, 0.5) is 0 Å². The molecule has 2 aromatic rings. The average Bonchev–Trinajstić information content (AvgIpc) is 3.08. The van der Waals surface area contributed by atoms with Crippen molar-refractivity contribution < 1.29 is 4.74 Å². The molecular formula is C22H26N4O. The first-order valence-corrected chi connectivity index (χ1v) is 9.63. The van der Waals surface area contributed by atoms with Crippen LogP contribution in [0.15, 0.2) is 71.1 Å². The lowest BCUT2D eigenvalue weighted by molar-refractivity contribution is 0.284. The van der Waals surface area contributed by atoms with Crippen molar-refractivity contribution in [2.75, 3.05) is 26.7 Å². The molecule has 3 heterocycles. The number of allylic oxidation sites excluding steroid dienone is 1. The monoisotopic (exact) mass is 362 g/mol. The van der Waals surface area contributed by atoms with Gasteiger partial charge in [0.1, 0.15) is 5.75 Å². The van der Waals surface area contributed by atoms with E-state index in [9.17, 15) is 0 Å². The van der Waals surface area contributed by atoms with Gasteiger partial charge in [-0.15, -0.1) is 0 Å². The van der Waals surface area contributed by atoms with Crippen LogP contribution in [0.5, 0.6) is 5.75 Å². The van der Waals surface area contributed by atoms with Crippen LogP contribution >= 0.6 is 0 Å². The van der Waals surface area contributed by atoms with Gasteiger partial charge in [-0.3, -0.25) is 9.99 Å². The zero-order valence-corrected chi connectivity index (χ0v) is 15.8. The lowest BCUT2D eigenvalue weighted by atomic mass is 9.97. The minimum atomic E-state index is 0.723. The minimum absolute atomic E-state index is 0.723. The van der Waals surface area contributed by atoms with Gasteiger partial charge in [0.15, 0.2) is 0 Å². The highest BCUT2D eigenvalue weighted by Gasteiger charge is 2.29. The molecule has 27 heavy (non-hydrogen) atoms. The summed E-state index contributed by atoms with van der Waals surface area (Å²) < 4.78 is 5.89. The summed E-state index contributed by atoms with van der Waals surface area (Å²) in [6.45, 7) is 3.49. The summed E-state index contributed by atoms with van der Waals surface area (Å²) >= 11 is 0. The molecule has 0 spiro atoms. The van der Waals surface area contributed by atoms with Crippen LogP contribution < -0.4 is 4.74 Å². The van der Waals surface area contributed by atoms with E-state index in [-0.39, 0.29) is 0 Å². The maximum Gasteiger partial charge on any atom is 0.119 e. The highest BCUT2D eigenvalue weighted by molar-refractivity contribution is 6.03. The second-order valence-corrected chi connectivity index (χ2v) is 7.05. The molecule has 0 aliphatic carbocycles. The zero-order chi connectivity index (χ0) is 18.5. The van der Waals surface area contributed by atoms with Crippen LogP contribution in [-0.2, 0) is 6.54 Å². The molecule has 5 nitrogen and oxygen atoms in total. The number of ether oxygens (including phenoxy) is 1. The maximum absolute atomic E-state index is 5.89. The quantitative estimate of drug-likeness (QED) is 0.704. The molecule has 0 bridgehead atoms. The van der Waals surface area contributed by atoms with Crippen molar-refractivity contribution in [1.82, 2.24) is 14.9 Å². The third kappa shape index (κ3) is 4.30. The van der Waals surface area contributed by atoms with Crippen molar-refractivity contribution in [2.24, 2.45) is 5.10 Å². The molecule has 0 atom stereocenters. The van der Waals surface area contributed by atoms with Crippen molar-refractivity contribution in [3.05, 3.63) is 71.7 Å². The lowest BCUT2D eigenvalue weighted by Gasteiger charge is -2.33. The molecule has 0 fully saturated rings. The van der Waals surface area contributed by atoms with Gasteiger partial charge in [0.05, 0.1) is 31.1 Å². The van der Waals surface area contributed by atoms with Gasteiger partial charge in [0.25, 0.3) is 0 Å². The van der Waals surface area contributed by atoms with Crippen molar-refractivity contribution in [1.29, 1.82) is 0 Å². The van der Waals surface area contributed by atoms with Crippen molar-refractivity contribution in [3.63, 3.8) is 0 Å². The van der Waals surface area contributed by atoms with Crippen LogP contribution in [0, 0.1) is 0 Å². The first kappa shape index (κ1) is 17.6. The second kappa shape index (κ2) is 8.25. The Morgan fingerprint density at radius 3 is 2.74 bits per heavy atom. The molecule has 2 aliphatic rings. The first-order valence-electron chi connectivity index (χ1n) is 9.63. The van der Waals surface area contributed by atoms with Crippen LogP contribution in [0.1, 0.15) is 25.0 Å². The number of hydrogen-bond acceptors (Lipinski definition) is 5. The number of benzene rings is 1. The molecular weight excluding hydrogens is 336 g/mol. The number of aromatic nitrogens is 1. The Morgan fingerprint density at radius 2 is 1.93 bits per heavy atom. The molecule has 2 aliphatic heterocycles. The molecule has 1 aromatic carbocycles. The third-order valence-corrected chi connectivity index (χ3v) is 5.02. The average molecular weight is 362 g/mol. The smallest absolute Gasteiger partial charge is 0.119 e. The van der Waals surface area contributed by atoms with Crippen molar-refractivity contribution in [2.45, 2.75) is 25.8 Å². The standard InChI is InChI=1S/C22H26N4O/c1-25-17-20-21(24-25)12-14-26(16-18-8-5-6-13-23-18)22(20)11-7-15-27-19-9-3-2-4-10-19/h2-6,8-10,13H,7,11-12,14-17H2,1H3. The number of para-hydroxylation sites is 1. The molecule has 0 N–H and O–H groups in total. The minimum Gasteiger partial charge on any atom is -0.494 e. The van der Waals surface area contributed by atoms with Crippen molar-refractivity contribution in [3.8, 4) is 5.75 Å². The zero-order valence-electron chi connectivity index (χ0n) is 15.8. The lowest BCUT2D eigenvalue weighted by Crippen LogP contribution is -2.33. The normalized spacial score (nSPS) is 16.4. The van der Waals surface area contributed by atoms with Crippen LogP contribution in [0.2, 0.25) is 0 Å². The topological polar surface area (TPSA) is 41.0 Å². The second-order valence-electron chi connectivity index (χ2n) is 7.05. The van der Waals surface area contributed by atoms with Gasteiger partial charge in [0.2, 0.25) is 0 Å². The van der Waals surface area contributed by atoms with E-state index >= 15 is 0 Å². The number of hydrogen-bond donors (Lipinski definition) is 0. The molecule has 0 unspecified atom stereocenters. The van der Waals surface area contributed by atoms with Gasteiger partial charge in [0, 0.05) is 37.5 Å². The predicted octanol–water partition coefficient (Wildman–Crippen LogP) is 3.70. The fourth-order valence-corrected chi connectivity index (χ4v) is 3.76. The van der Waals surface area contributed by atoms with Gasteiger partial charge in [-0.05, 0) is 37.1 Å². The molecule has 1 aromatic heterocycles. The largest absolute Gasteiger partial charge is 0.494 e. The van der Waals surface area contributed by atoms with Gasteiger partial charge >= 0.3 is 0 Å². The summed E-state index contributed by atoms with van der Waals surface area (Å²) in [7, 11) is 2.05. The Morgan fingerprint density at radius 1 is 1.07 bits per heavy atom. The molecule has 0 saturated carbocycles. The molecule has 0 saturated heterocycles. The Bertz CT molecular complexity index is 817. The van der Waals surface area contributed by atoms with Gasteiger partial charge in [-0.25, -0.2) is 0 Å². The van der Waals surface area contributed by atoms with Gasteiger partial charge < -0.3 is 9.64 Å². The summed E-state index contributed by atoms with van der Waals surface area (Å²) in [5, 5.41) is 6.75. The summed E-state index contributed by atoms with van der Waals surface area (Å²) in [5.74, 6) is 0.937. The van der Waals surface area contributed by atoms with Crippen LogP contribution in [0.3, 0.4) is 0 Å². The van der Waals surface area contributed by atoms with E-state index < -0.39 is 0 Å². The molecule has 5 heteroatoms. The van der Waals surface area contributed by atoms with Crippen LogP contribution in [0.25, 0.3) is 0 Å². The summed E-state index contributed by atoms with van der Waals surface area (Å²) in [6.07, 6.45) is 4.87. The van der Waals surface area contributed by atoms with Crippen molar-refractivity contribution >= 4 is 5.71 Å².